The van der Waals surface area contributed by atoms with Gasteiger partial charge in [0.1, 0.15) is 12.1 Å². The second-order valence-corrected chi connectivity index (χ2v) is 7.49. The lowest BCUT2D eigenvalue weighted by atomic mass is 10.1. The summed E-state index contributed by atoms with van der Waals surface area (Å²) < 4.78 is 17.4. The molecule has 9 nitrogen and oxygen atoms in total. The van der Waals surface area contributed by atoms with E-state index >= 15 is 0 Å². The highest BCUT2D eigenvalue weighted by molar-refractivity contribution is 6.00. The minimum Gasteiger partial charge on any atom is -0.493 e. The van der Waals surface area contributed by atoms with Crippen LogP contribution in [0.15, 0.2) is 39.8 Å². The van der Waals surface area contributed by atoms with E-state index in [0.29, 0.717) is 41.1 Å². The van der Waals surface area contributed by atoms with E-state index in [1.807, 2.05) is 38.1 Å². The first-order chi connectivity index (χ1) is 15.4. The number of amides is 1. The molecule has 0 bridgehead atoms. The average Bonchev–Trinajstić information content (AvgIpc) is 3.14. The number of rotatable bonds is 7. The number of benzene rings is 1. The van der Waals surface area contributed by atoms with E-state index in [1.54, 1.807) is 14.2 Å². The maximum absolute atomic E-state index is 12.8. The fourth-order valence-corrected chi connectivity index (χ4v) is 3.49. The van der Waals surface area contributed by atoms with Gasteiger partial charge in [-0.2, -0.15) is 0 Å². The second-order valence-electron chi connectivity index (χ2n) is 7.49. The van der Waals surface area contributed by atoms with Gasteiger partial charge in [-0.25, -0.2) is 9.97 Å². The highest BCUT2D eigenvalue weighted by Gasteiger charge is 2.16. The molecule has 1 amide bonds. The predicted octanol–water partition coefficient (Wildman–Crippen LogP) is 2.53. The van der Waals surface area contributed by atoms with Gasteiger partial charge in [-0.3, -0.25) is 14.2 Å². The molecular weight excluding hydrogens is 412 g/mol. The molecule has 0 fully saturated rings. The molecule has 0 saturated heterocycles. The van der Waals surface area contributed by atoms with Crippen molar-refractivity contribution in [2.24, 2.45) is 0 Å². The lowest BCUT2D eigenvalue weighted by molar-refractivity contribution is -0.121. The molecule has 1 N–H and O–H groups in total. The van der Waals surface area contributed by atoms with Gasteiger partial charge in [0.2, 0.25) is 17.2 Å². The number of aryl methyl sites for hydroxylation is 2. The molecule has 32 heavy (non-hydrogen) atoms. The molecule has 1 aromatic carbocycles. The van der Waals surface area contributed by atoms with Crippen molar-refractivity contribution in [2.45, 2.75) is 26.8 Å². The van der Waals surface area contributed by atoms with Gasteiger partial charge in [0.15, 0.2) is 11.5 Å². The zero-order valence-corrected chi connectivity index (χ0v) is 18.4. The molecule has 3 heterocycles. The molecule has 0 aliphatic carbocycles. The summed E-state index contributed by atoms with van der Waals surface area (Å²) in [6, 6.07) is 7.50. The summed E-state index contributed by atoms with van der Waals surface area (Å²) in [6.45, 7) is 4.07. The van der Waals surface area contributed by atoms with E-state index in [9.17, 15) is 9.59 Å². The monoisotopic (exact) mass is 436 g/mol. The van der Waals surface area contributed by atoms with Gasteiger partial charge >= 0.3 is 0 Å². The third-order valence-corrected chi connectivity index (χ3v) is 5.38. The number of hydrogen-bond donors (Lipinski definition) is 1. The standard InChI is InChI=1S/C23H24N4O5/c1-13-9-16-20-21(32-22(16)26-14(13)2)23(29)27(12-25-20)11-19(28)24-8-7-15-5-6-17(30-3)18(10-15)31-4/h5-6,9-10,12H,7-8,11H2,1-4H3,(H,24,28). The van der Waals surface area contributed by atoms with Crippen LogP contribution in [0, 0.1) is 13.8 Å². The van der Waals surface area contributed by atoms with Crippen LogP contribution in [0.2, 0.25) is 0 Å². The van der Waals surface area contributed by atoms with Crippen molar-refractivity contribution in [3.8, 4) is 11.5 Å². The molecule has 166 valence electrons. The van der Waals surface area contributed by atoms with Crippen molar-refractivity contribution in [1.82, 2.24) is 19.9 Å². The van der Waals surface area contributed by atoms with E-state index in [-0.39, 0.29) is 18.0 Å². The van der Waals surface area contributed by atoms with Crippen molar-refractivity contribution < 1.29 is 18.7 Å². The quantitative estimate of drug-likeness (QED) is 0.474. The first-order valence-electron chi connectivity index (χ1n) is 10.1. The maximum Gasteiger partial charge on any atom is 0.297 e. The topological polar surface area (TPSA) is 108 Å². The Morgan fingerprint density at radius 3 is 2.69 bits per heavy atom. The number of carbonyl (C=O) groups excluding carboxylic acids is 1. The number of nitrogens with zero attached hydrogens (tertiary/aromatic N) is 3. The number of hydrogen-bond acceptors (Lipinski definition) is 7. The summed E-state index contributed by atoms with van der Waals surface area (Å²) in [5.41, 5.74) is 3.29. The highest BCUT2D eigenvalue weighted by atomic mass is 16.5. The van der Waals surface area contributed by atoms with E-state index < -0.39 is 5.56 Å². The van der Waals surface area contributed by atoms with Crippen molar-refractivity contribution in [2.75, 3.05) is 20.8 Å². The summed E-state index contributed by atoms with van der Waals surface area (Å²) in [5.74, 6) is 0.983. The summed E-state index contributed by atoms with van der Waals surface area (Å²) in [7, 11) is 3.15. The summed E-state index contributed by atoms with van der Waals surface area (Å²) in [5, 5.41) is 3.51. The molecule has 0 spiro atoms. The number of methoxy groups -OCH3 is 2. The van der Waals surface area contributed by atoms with Gasteiger partial charge in [-0.05, 0) is 49.6 Å². The zero-order chi connectivity index (χ0) is 22.8. The summed E-state index contributed by atoms with van der Waals surface area (Å²) in [6.07, 6.45) is 1.97. The Bertz CT molecular complexity index is 1370. The Kier molecular flexibility index (Phi) is 5.81. The van der Waals surface area contributed by atoms with Crippen LogP contribution >= 0.6 is 0 Å². The molecular formula is C23H24N4O5. The zero-order valence-electron chi connectivity index (χ0n) is 18.4. The predicted molar refractivity (Wildman–Crippen MR) is 119 cm³/mol. The molecule has 0 aliphatic rings. The number of ether oxygens (including phenoxy) is 2. The fraction of sp³-hybridized carbons (Fsp3) is 0.304. The Hall–Kier alpha value is -3.88. The second kappa shape index (κ2) is 8.70. The van der Waals surface area contributed by atoms with Crippen LogP contribution < -0.4 is 20.3 Å². The molecule has 0 aliphatic heterocycles. The lowest BCUT2D eigenvalue weighted by Gasteiger charge is -2.10. The number of furan rings is 1. The van der Waals surface area contributed by atoms with Crippen molar-refractivity contribution in [3.63, 3.8) is 0 Å². The Morgan fingerprint density at radius 2 is 1.94 bits per heavy atom. The Morgan fingerprint density at radius 1 is 1.16 bits per heavy atom. The maximum atomic E-state index is 12.8. The number of aromatic nitrogens is 3. The molecule has 0 radical (unpaired) electrons. The third-order valence-electron chi connectivity index (χ3n) is 5.38. The molecule has 4 rings (SSSR count). The summed E-state index contributed by atoms with van der Waals surface area (Å²) in [4.78, 5) is 33.9. The smallest absolute Gasteiger partial charge is 0.297 e. The lowest BCUT2D eigenvalue weighted by Crippen LogP contribution is -2.33. The van der Waals surface area contributed by atoms with Gasteiger partial charge < -0.3 is 19.2 Å². The van der Waals surface area contributed by atoms with E-state index in [1.165, 1.54) is 10.9 Å². The molecule has 0 saturated carbocycles. The number of pyridine rings is 1. The molecule has 4 aromatic rings. The number of fused-ring (bicyclic) bond motifs is 3. The third kappa shape index (κ3) is 4.01. The Balaban J connectivity index is 1.45. The normalized spacial score (nSPS) is 11.1. The SMILES string of the molecule is COc1ccc(CCNC(=O)Cn2cnc3c(oc4nc(C)c(C)cc43)c2=O)cc1OC. The van der Waals surface area contributed by atoms with Crippen LogP contribution in [0.3, 0.4) is 0 Å². The van der Waals surface area contributed by atoms with Crippen LogP contribution in [0.25, 0.3) is 22.2 Å². The summed E-state index contributed by atoms with van der Waals surface area (Å²) >= 11 is 0. The van der Waals surface area contributed by atoms with Gasteiger partial charge in [0.05, 0.1) is 25.9 Å². The van der Waals surface area contributed by atoms with Gasteiger partial charge in [0.25, 0.3) is 5.56 Å². The van der Waals surface area contributed by atoms with E-state index in [2.05, 4.69) is 15.3 Å². The fourth-order valence-electron chi connectivity index (χ4n) is 3.49. The van der Waals surface area contributed by atoms with E-state index in [0.717, 1.165) is 16.8 Å². The van der Waals surface area contributed by atoms with Crippen LogP contribution in [0.1, 0.15) is 16.8 Å². The molecule has 0 unspecified atom stereocenters. The van der Waals surface area contributed by atoms with Crippen molar-refractivity contribution >= 4 is 28.1 Å². The van der Waals surface area contributed by atoms with Gasteiger partial charge in [0, 0.05) is 12.2 Å². The van der Waals surface area contributed by atoms with Crippen molar-refractivity contribution in [3.05, 3.63) is 57.8 Å². The number of nitrogens with one attached hydrogen (secondary N) is 1. The van der Waals surface area contributed by atoms with Gasteiger partial charge in [-0.1, -0.05) is 6.07 Å². The number of carbonyl (C=O) groups is 1. The Labute approximate surface area is 184 Å². The van der Waals surface area contributed by atoms with Crippen molar-refractivity contribution in [1.29, 1.82) is 0 Å². The molecule has 3 aromatic heterocycles. The van der Waals surface area contributed by atoms with Crippen LogP contribution in [-0.4, -0.2) is 41.2 Å². The first-order valence-corrected chi connectivity index (χ1v) is 10.1. The average molecular weight is 436 g/mol. The highest BCUT2D eigenvalue weighted by Crippen LogP contribution is 2.27. The van der Waals surface area contributed by atoms with Gasteiger partial charge in [-0.15, -0.1) is 0 Å². The molecule has 0 atom stereocenters. The first kappa shape index (κ1) is 21.4. The van der Waals surface area contributed by atoms with Crippen LogP contribution in [-0.2, 0) is 17.8 Å². The largest absolute Gasteiger partial charge is 0.493 e. The minimum atomic E-state index is -0.418. The molecule has 9 heteroatoms. The minimum absolute atomic E-state index is 0.0955. The van der Waals surface area contributed by atoms with Crippen LogP contribution in [0.5, 0.6) is 11.5 Å². The van der Waals surface area contributed by atoms with E-state index in [4.69, 9.17) is 13.9 Å². The van der Waals surface area contributed by atoms with Crippen LogP contribution in [0.4, 0.5) is 0 Å².